The van der Waals surface area contributed by atoms with Gasteiger partial charge >= 0.3 is 0 Å². The summed E-state index contributed by atoms with van der Waals surface area (Å²) in [6, 6.07) is 87.9. The molecule has 0 radical (unpaired) electrons. The van der Waals surface area contributed by atoms with Crippen molar-refractivity contribution in [3.05, 3.63) is 285 Å². The Bertz CT molecular complexity index is 6390. The minimum atomic E-state index is 0.0940. The van der Waals surface area contributed by atoms with Crippen molar-refractivity contribution in [2.24, 2.45) is 0 Å². The Hall–Kier alpha value is -16.9. The van der Waals surface area contributed by atoms with E-state index in [1.54, 1.807) is 30.5 Å². The Kier molecular flexibility index (Phi) is 15.7. The number of aromatic nitrogens is 6. The number of rotatable bonds is 10. The SMILES string of the molecule is N#Cc1cc(C#N)c(-c2ccc3c(c2)c2cc(-c4c(C#N)cc(C#N)cc4C#N)ccc2n3-c2ccnc(-c3cc(-c4nc(-c5ccccc5)nc(-c5ccccc5)n4)ccc3-n3c4ccc(-c5c(C#N)cc(C#N)cc5C#N)cc4c4cc(-c5c(C#N)cc(C#N)cc5C#N)ccc43)c2)c(C#N)c1. The summed E-state index contributed by atoms with van der Waals surface area (Å²) in [7, 11) is 0. The third kappa shape index (κ3) is 10.6. The van der Waals surface area contributed by atoms with Gasteiger partial charge in [-0.3, -0.25) is 4.98 Å². The number of benzene rings is 11. The van der Waals surface area contributed by atoms with Gasteiger partial charge < -0.3 is 9.13 Å². The van der Waals surface area contributed by atoms with E-state index < -0.39 is 0 Å². The second-order valence-electron chi connectivity index (χ2n) is 23.9. The molecule has 0 unspecified atom stereocenters. The first kappa shape index (κ1) is 63.1. The highest BCUT2D eigenvalue weighted by molar-refractivity contribution is 6.14. The lowest BCUT2D eigenvalue weighted by Crippen LogP contribution is -2.03. The monoisotopic (exact) mass is 1320 g/mol. The molecule has 0 aliphatic carbocycles. The van der Waals surface area contributed by atoms with Crippen molar-refractivity contribution < 1.29 is 0 Å². The van der Waals surface area contributed by atoms with Crippen molar-refractivity contribution in [2.45, 2.75) is 0 Å². The van der Waals surface area contributed by atoms with Gasteiger partial charge in [0, 0.05) is 77.9 Å². The third-order valence-corrected chi connectivity index (χ3v) is 18.2. The first-order chi connectivity index (χ1) is 51.0. The number of fused-ring (bicyclic) bond motifs is 6. The number of hydrogen-bond acceptors (Lipinski definition) is 16. The van der Waals surface area contributed by atoms with Gasteiger partial charge in [0.05, 0.1) is 173 Å². The van der Waals surface area contributed by atoms with E-state index in [1.807, 2.05) is 161 Å². The van der Waals surface area contributed by atoms with Crippen LogP contribution in [0.5, 0.6) is 0 Å². The summed E-state index contributed by atoms with van der Waals surface area (Å²) < 4.78 is 4.06. The first-order valence-electron chi connectivity index (χ1n) is 31.7. The maximum absolute atomic E-state index is 10.6. The Morgan fingerprint density at radius 3 is 0.856 bits per heavy atom. The van der Waals surface area contributed by atoms with Crippen molar-refractivity contribution in [3.8, 4) is 174 Å². The van der Waals surface area contributed by atoms with Crippen LogP contribution in [0.4, 0.5) is 0 Å². The van der Waals surface area contributed by atoms with Crippen molar-refractivity contribution in [3.63, 3.8) is 0 Å². The molecule has 0 amide bonds. The maximum atomic E-state index is 10.6. The molecule has 0 aliphatic rings. The normalized spacial score (nSPS) is 10.6. The minimum absolute atomic E-state index is 0.0940. The van der Waals surface area contributed by atoms with Crippen LogP contribution in [-0.2, 0) is 0 Å². The predicted octanol–water partition coefficient (Wildman–Crippen LogP) is 17.3. The van der Waals surface area contributed by atoms with Gasteiger partial charge in [-0.15, -0.1) is 0 Å². The Morgan fingerprint density at radius 1 is 0.250 bits per heavy atom. The van der Waals surface area contributed by atoms with E-state index in [-0.39, 0.29) is 66.8 Å². The highest BCUT2D eigenvalue weighted by atomic mass is 15.0. The fraction of sp³-hybridized carbons (Fsp3) is 0. The number of nitriles is 12. The van der Waals surface area contributed by atoms with Crippen LogP contribution in [0.1, 0.15) is 66.8 Å². The quantitative estimate of drug-likeness (QED) is 0.123. The van der Waals surface area contributed by atoms with Crippen LogP contribution in [0.15, 0.2) is 219 Å². The van der Waals surface area contributed by atoms with Gasteiger partial charge in [0.25, 0.3) is 0 Å². The fourth-order valence-corrected chi connectivity index (χ4v) is 13.7. The molecular weight excluding hydrogens is 1290 g/mol. The van der Waals surface area contributed by atoms with Crippen LogP contribution >= 0.6 is 0 Å². The number of nitrogens with zero attached hydrogens (tertiary/aromatic N) is 18. The summed E-state index contributed by atoms with van der Waals surface area (Å²) in [5, 5.41) is 127. The zero-order valence-corrected chi connectivity index (χ0v) is 53.8. The highest BCUT2D eigenvalue weighted by Crippen LogP contribution is 2.45. The van der Waals surface area contributed by atoms with Gasteiger partial charge in [-0.25, -0.2) is 15.0 Å². The Morgan fingerprint density at radius 2 is 0.548 bits per heavy atom. The van der Waals surface area contributed by atoms with Gasteiger partial charge in [0.2, 0.25) is 0 Å². The second kappa shape index (κ2) is 25.9. The van der Waals surface area contributed by atoms with E-state index in [2.05, 4.69) is 60.7 Å². The molecular formula is C86H36N18. The molecule has 0 aliphatic heterocycles. The molecule has 18 heteroatoms. The van der Waals surface area contributed by atoms with Crippen LogP contribution in [-0.4, -0.2) is 29.1 Å². The molecule has 4 aromatic heterocycles. The lowest BCUT2D eigenvalue weighted by molar-refractivity contribution is 1.07. The van der Waals surface area contributed by atoms with Crippen molar-refractivity contribution in [1.29, 1.82) is 63.1 Å². The standard InChI is InChI=1S/C86H36N18/c87-37-49-23-60(41-91)80(61(24-49)42-92)55-11-16-75-69(31-55)70-32-56(81-62(43-93)25-50(38-88)26-63(81)44-94)12-17-76(70)103(75)68-21-22-99-74(36-68)73-35-59(86-101-84(53-7-3-1-4-8-53)100-85(102-86)54-9-5-2-6-10-54)15-20-79(73)104-77-18-13-57(82-64(45-95)27-51(39-89)28-65(82)46-96)33-71(77)72-34-58(14-19-78(72)104)83-66(47-97)29-52(40-90)30-67(83)48-98/h1-36H. The molecule has 11 aromatic carbocycles. The minimum Gasteiger partial charge on any atom is -0.309 e. The molecule has 0 spiro atoms. The van der Waals surface area contributed by atoms with E-state index in [1.165, 1.54) is 48.5 Å². The largest absolute Gasteiger partial charge is 0.309 e. The molecule has 0 saturated carbocycles. The highest BCUT2D eigenvalue weighted by Gasteiger charge is 2.26. The van der Waals surface area contributed by atoms with E-state index in [0.29, 0.717) is 134 Å². The van der Waals surface area contributed by atoms with E-state index >= 15 is 0 Å². The summed E-state index contributed by atoms with van der Waals surface area (Å²) in [6.45, 7) is 0. The van der Waals surface area contributed by atoms with Gasteiger partial charge in [-0.05, 0) is 150 Å². The van der Waals surface area contributed by atoms with E-state index in [0.717, 1.165) is 11.1 Å². The molecule has 0 bridgehead atoms. The summed E-state index contributed by atoms with van der Waals surface area (Å²) in [6.07, 6.45) is 1.68. The zero-order valence-electron chi connectivity index (χ0n) is 53.8. The van der Waals surface area contributed by atoms with Crippen molar-refractivity contribution in [1.82, 2.24) is 29.1 Å². The van der Waals surface area contributed by atoms with Gasteiger partial charge in [-0.1, -0.05) is 84.9 Å². The third-order valence-electron chi connectivity index (χ3n) is 18.2. The smallest absolute Gasteiger partial charge is 0.164 e. The fourth-order valence-electron chi connectivity index (χ4n) is 13.7. The van der Waals surface area contributed by atoms with Crippen LogP contribution in [0.2, 0.25) is 0 Å². The van der Waals surface area contributed by atoms with Crippen molar-refractivity contribution >= 4 is 43.6 Å². The average molecular weight is 1320 g/mol. The lowest BCUT2D eigenvalue weighted by Gasteiger charge is -2.17. The van der Waals surface area contributed by atoms with Crippen LogP contribution < -0.4 is 0 Å². The van der Waals surface area contributed by atoms with E-state index in [9.17, 15) is 63.1 Å². The number of pyridine rings is 1. The molecule has 15 aromatic rings. The summed E-state index contributed by atoms with van der Waals surface area (Å²) in [5.41, 5.74) is 11.1. The van der Waals surface area contributed by atoms with Crippen LogP contribution in [0.25, 0.3) is 145 Å². The molecule has 0 fully saturated rings. The van der Waals surface area contributed by atoms with Gasteiger partial charge in [-0.2, -0.15) is 63.1 Å². The molecule has 18 nitrogen and oxygen atoms in total. The molecule has 0 saturated heterocycles. The molecule has 104 heavy (non-hydrogen) atoms. The Balaban J connectivity index is 1.02. The molecule has 0 atom stereocenters. The number of hydrogen-bond donors (Lipinski definition) is 0. The Labute approximate surface area is 592 Å². The first-order valence-corrected chi connectivity index (χ1v) is 31.7. The van der Waals surface area contributed by atoms with Gasteiger partial charge in [0.1, 0.15) is 0 Å². The maximum Gasteiger partial charge on any atom is 0.164 e. The predicted molar refractivity (Wildman–Crippen MR) is 386 cm³/mol. The zero-order chi connectivity index (χ0) is 71.9. The van der Waals surface area contributed by atoms with E-state index in [4.69, 9.17) is 19.9 Å². The molecule has 4 heterocycles. The molecule has 15 rings (SSSR count). The molecule has 470 valence electrons. The summed E-state index contributed by atoms with van der Waals surface area (Å²) in [4.78, 5) is 20.5. The summed E-state index contributed by atoms with van der Waals surface area (Å²) >= 11 is 0. The topological polar surface area (TPSA) is 347 Å². The van der Waals surface area contributed by atoms with Crippen LogP contribution in [0.3, 0.4) is 0 Å². The second-order valence-corrected chi connectivity index (χ2v) is 23.9. The van der Waals surface area contributed by atoms with Crippen molar-refractivity contribution in [2.75, 3.05) is 0 Å². The average Bonchev–Trinajstić information content (AvgIpc) is 1.57. The van der Waals surface area contributed by atoms with Gasteiger partial charge in [0.15, 0.2) is 17.5 Å². The summed E-state index contributed by atoms with van der Waals surface area (Å²) in [5.74, 6) is 1.14. The lowest BCUT2D eigenvalue weighted by atomic mass is 9.91. The van der Waals surface area contributed by atoms with Crippen LogP contribution in [0, 0.1) is 136 Å². The molecule has 0 N–H and O–H groups in total.